The van der Waals surface area contributed by atoms with Crippen molar-refractivity contribution in [2.75, 3.05) is 23.8 Å². The van der Waals surface area contributed by atoms with Crippen LogP contribution in [-0.2, 0) is 4.79 Å². The van der Waals surface area contributed by atoms with Crippen molar-refractivity contribution in [1.82, 2.24) is 0 Å². The van der Waals surface area contributed by atoms with Gasteiger partial charge >= 0.3 is 0 Å². The van der Waals surface area contributed by atoms with E-state index in [0.717, 1.165) is 5.75 Å². The summed E-state index contributed by atoms with van der Waals surface area (Å²) in [5, 5.41) is 5.59. The largest absolute Gasteiger partial charge is 0.494 e. The molecule has 0 aliphatic carbocycles. The molecule has 0 atom stereocenters. The molecule has 4 N–H and O–H groups in total. The molecular formula is C19H24ClN3O3. The molecule has 140 valence electrons. The number of ether oxygens (including phenoxy) is 1. The number of amides is 2. The van der Waals surface area contributed by atoms with E-state index in [2.05, 4.69) is 10.6 Å². The topological polar surface area (TPSA) is 93.5 Å². The van der Waals surface area contributed by atoms with Gasteiger partial charge in [-0.2, -0.15) is 0 Å². The Balaban J connectivity index is 0.00000338. The summed E-state index contributed by atoms with van der Waals surface area (Å²) >= 11 is 0. The van der Waals surface area contributed by atoms with Crippen LogP contribution in [-0.4, -0.2) is 25.0 Å². The van der Waals surface area contributed by atoms with Gasteiger partial charge in [-0.15, -0.1) is 12.4 Å². The minimum atomic E-state index is -0.217. The monoisotopic (exact) mass is 377 g/mol. The zero-order chi connectivity index (χ0) is 18.1. The molecule has 0 saturated carbocycles. The van der Waals surface area contributed by atoms with Crippen LogP contribution < -0.4 is 21.1 Å². The minimum absolute atomic E-state index is 0. The van der Waals surface area contributed by atoms with Gasteiger partial charge in [-0.1, -0.05) is 0 Å². The first-order valence-corrected chi connectivity index (χ1v) is 8.26. The third kappa shape index (κ3) is 6.74. The van der Waals surface area contributed by atoms with Crippen molar-refractivity contribution in [2.45, 2.75) is 19.8 Å². The van der Waals surface area contributed by atoms with Crippen molar-refractivity contribution >= 4 is 35.6 Å². The van der Waals surface area contributed by atoms with Crippen LogP contribution in [0.15, 0.2) is 48.5 Å². The molecule has 0 bridgehead atoms. The maximum absolute atomic E-state index is 12.3. The standard InChI is InChI=1S/C19H23N3O3.ClH/c1-2-25-17-11-9-16(10-12-17)22-19(24)14-5-7-15(8-6-14)21-18(23)4-3-13-20;/h5-12H,2-4,13,20H2,1H3,(H,21,23)(H,22,24);1H. The Hall–Kier alpha value is -2.57. The van der Waals surface area contributed by atoms with E-state index in [4.69, 9.17) is 10.5 Å². The zero-order valence-corrected chi connectivity index (χ0v) is 15.5. The van der Waals surface area contributed by atoms with Gasteiger partial charge in [-0.25, -0.2) is 0 Å². The second kappa shape index (κ2) is 11.1. The number of anilines is 2. The fourth-order valence-electron chi connectivity index (χ4n) is 2.20. The predicted molar refractivity (Wildman–Crippen MR) is 106 cm³/mol. The molecule has 2 aromatic rings. The van der Waals surface area contributed by atoms with Gasteiger partial charge in [0.25, 0.3) is 5.91 Å². The number of benzene rings is 2. The van der Waals surface area contributed by atoms with E-state index in [0.29, 0.717) is 42.9 Å². The quantitative estimate of drug-likeness (QED) is 0.656. The molecule has 0 heterocycles. The summed E-state index contributed by atoms with van der Waals surface area (Å²) in [5.41, 5.74) is 7.23. The Kier molecular flexibility index (Phi) is 9.19. The summed E-state index contributed by atoms with van der Waals surface area (Å²) in [5.74, 6) is 0.456. The van der Waals surface area contributed by atoms with E-state index in [1.807, 2.05) is 6.92 Å². The number of nitrogens with two attached hydrogens (primary N) is 1. The summed E-state index contributed by atoms with van der Waals surface area (Å²) in [4.78, 5) is 23.9. The Morgan fingerprint density at radius 2 is 1.54 bits per heavy atom. The van der Waals surface area contributed by atoms with Crippen molar-refractivity contribution in [3.8, 4) is 5.75 Å². The van der Waals surface area contributed by atoms with E-state index in [1.165, 1.54) is 0 Å². The van der Waals surface area contributed by atoms with Crippen molar-refractivity contribution in [1.29, 1.82) is 0 Å². The fourth-order valence-corrected chi connectivity index (χ4v) is 2.20. The van der Waals surface area contributed by atoms with Gasteiger partial charge in [0.2, 0.25) is 5.91 Å². The van der Waals surface area contributed by atoms with Gasteiger partial charge in [0.15, 0.2) is 0 Å². The molecule has 0 aliphatic rings. The summed E-state index contributed by atoms with van der Waals surface area (Å²) < 4.78 is 5.37. The summed E-state index contributed by atoms with van der Waals surface area (Å²) in [7, 11) is 0. The van der Waals surface area contributed by atoms with E-state index in [-0.39, 0.29) is 24.2 Å². The van der Waals surface area contributed by atoms with Crippen LogP contribution in [0.2, 0.25) is 0 Å². The summed E-state index contributed by atoms with van der Waals surface area (Å²) in [6, 6.07) is 13.9. The molecule has 0 unspecified atom stereocenters. The lowest BCUT2D eigenvalue weighted by atomic mass is 10.2. The normalized spacial score (nSPS) is 9.77. The van der Waals surface area contributed by atoms with Gasteiger partial charge < -0.3 is 21.1 Å². The molecule has 0 aromatic heterocycles. The van der Waals surface area contributed by atoms with E-state index in [1.54, 1.807) is 48.5 Å². The minimum Gasteiger partial charge on any atom is -0.494 e. The molecule has 26 heavy (non-hydrogen) atoms. The molecule has 0 radical (unpaired) electrons. The highest BCUT2D eigenvalue weighted by Gasteiger charge is 2.07. The van der Waals surface area contributed by atoms with Crippen LogP contribution in [0, 0.1) is 0 Å². The number of hydrogen-bond donors (Lipinski definition) is 3. The van der Waals surface area contributed by atoms with Crippen LogP contribution >= 0.6 is 12.4 Å². The van der Waals surface area contributed by atoms with Crippen molar-refractivity contribution in [3.05, 3.63) is 54.1 Å². The first-order valence-electron chi connectivity index (χ1n) is 8.26. The number of carbonyl (C=O) groups is 2. The zero-order valence-electron chi connectivity index (χ0n) is 14.7. The molecule has 0 aliphatic heterocycles. The summed E-state index contributed by atoms with van der Waals surface area (Å²) in [6.45, 7) is 3.00. The number of halogens is 1. The van der Waals surface area contributed by atoms with Crippen molar-refractivity contribution in [2.24, 2.45) is 5.73 Å². The first kappa shape index (κ1) is 21.5. The number of nitrogens with one attached hydrogen (secondary N) is 2. The van der Waals surface area contributed by atoms with Crippen molar-refractivity contribution in [3.63, 3.8) is 0 Å². The molecule has 7 heteroatoms. The van der Waals surface area contributed by atoms with Crippen LogP contribution in [0.4, 0.5) is 11.4 Å². The molecular weight excluding hydrogens is 354 g/mol. The molecule has 2 rings (SSSR count). The lowest BCUT2D eigenvalue weighted by Crippen LogP contribution is -2.14. The second-order valence-electron chi connectivity index (χ2n) is 5.43. The second-order valence-corrected chi connectivity index (χ2v) is 5.43. The van der Waals surface area contributed by atoms with Crippen LogP contribution in [0.25, 0.3) is 0 Å². The van der Waals surface area contributed by atoms with E-state index < -0.39 is 0 Å². The average molecular weight is 378 g/mol. The van der Waals surface area contributed by atoms with Crippen LogP contribution in [0.5, 0.6) is 5.75 Å². The van der Waals surface area contributed by atoms with E-state index >= 15 is 0 Å². The highest BCUT2D eigenvalue weighted by molar-refractivity contribution is 6.04. The third-order valence-electron chi connectivity index (χ3n) is 3.46. The number of rotatable bonds is 8. The number of hydrogen-bond acceptors (Lipinski definition) is 4. The molecule has 6 nitrogen and oxygen atoms in total. The molecule has 2 aromatic carbocycles. The maximum atomic E-state index is 12.3. The van der Waals surface area contributed by atoms with Crippen LogP contribution in [0.3, 0.4) is 0 Å². The lowest BCUT2D eigenvalue weighted by molar-refractivity contribution is -0.116. The Morgan fingerprint density at radius 3 is 2.12 bits per heavy atom. The fraction of sp³-hybridized carbons (Fsp3) is 0.263. The van der Waals surface area contributed by atoms with E-state index in [9.17, 15) is 9.59 Å². The van der Waals surface area contributed by atoms with Crippen molar-refractivity contribution < 1.29 is 14.3 Å². The van der Waals surface area contributed by atoms with Gasteiger partial charge in [0.05, 0.1) is 6.61 Å². The van der Waals surface area contributed by atoms with Gasteiger partial charge in [0, 0.05) is 23.4 Å². The molecule has 2 amide bonds. The van der Waals surface area contributed by atoms with Gasteiger partial charge in [0.1, 0.15) is 5.75 Å². The Morgan fingerprint density at radius 1 is 0.962 bits per heavy atom. The molecule has 0 fully saturated rings. The Bertz CT molecular complexity index is 703. The number of carbonyl (C=O) groups excluding carboxylic acids is 2. The Labute approximate surface area is 159 Å². The molecule has 0 spiro atoms. The predicted octanol–water partition coefficient (Wildman–Crippen LogP) is 3.44. The summed E-state index contributed by atoms with van der Waals surface area (Å²) in [6.07, 6.45) is 1.03. The average Bonchev–Trinajstić information content (AvgIpc) is 2.62. The SMILES string of the molecule is CCOc1ccc(NC(=O)c2ccc(NC(=O)CCCN)cc2)cc1.Cl. The maximum Gasteiger partial charge on any atom is 0.255 e. The smallest absolute Gasteiger partial charge is 0.255 e. The molecule has 0 saturated heterocycles. The van der Waals surface area contributed by atoms with Gasteiger partial charge in [-0.3, -0.25) is 9.59 Å². The lowest BCUT2D eigenvalue weighted by Gasteiger charge is -2.08. The highest BCUT2D eigenvalue weighted by Crippen LogP contribution is 2.17. The highest BCUT2D eigenvalue weighted by atomic mass is 35.5. The third-order valence-corrected chi connectivity index (χ3v) is 3.46. The van der Waals surface area contributed by atoms with Gasteiger partial charge in [-0.05, 0) is 68.4 Å². The van der Waals surface area contributed by atoms with Crippen LogP contribution in [0.1, 0.15) is 30.1 Å². The first-order chi connectivity index (χ1) is 12.1.